The summed E-state index contributed by atoms with van der Waals surface area (Å²) in [7, 11) is 0. The largest absolute Gasteiger partial charge is 0.355 e. The number of nitrogens with one attached hydrogen (secondary N) is 2. The Bertz CT molecular complexity index is 417. The molecule has 1 amide bonds. The molecule has 1 aliphatic rings. The third kappa shape index (κ3) is 5.48. The summed E-state index contributed by atoms with van der Waals surface area (Å²) in [5.41, 5.74) is 1.33. The van der Waals surface area contributed by atoms with Crippen molar-refractivity contribution >= 4 is 5.91 Å². The molecule has 0 atom stereocenters. The summed E-state index contributed by atoms with van der Waals surface area (Å²) in [5.74, 6) is 0.156. The third-order valence-electron chi connectivity index (χ3n) is 3.94. The maximum atomic E-state index is 12.0. The highest BCUT2D eigenvalue weighted by Crippen LogP contribution is 2.05. The van der Waals surface area contributed by atoms with Gasteiger partial charge in [-0.2, -0.15) is 0 Å². The van der Waals surface area contributed by atoms with Gasteiger partial charge in [-0.3, -0.25) is 9.69 Å². The van der Waals surface area contributed by atoms with Crippen molar-refractivity contribution in [2.75, 3.05) is 32.7 Å². The molecule has 0 bridgehead atoms. The summed E-state index contributed by atoms with van der Waals surface area (Å²) in [4.78, 5) is 14.3. The van der Waals surface area contributed by atoms with Gasteiger partial charge in [-0.25, -0.2) is 0 Å². The Morgan fingerprint density at radius 3 is 2.71 bits per heavy atom. The van der Waals surface area contributed by atoms with Crippen LogP contribution in [0.15, 0.2) is 30.3 Å². The van der Waals surface area contributed by atoms with E-state index in [9.17, 15) is 4.79 Å². The van der Waals surface area contributed by atoms with Gasteiger partial charge in [0.25, 0.3) is 0 Å². The lowest BCUT2D eigenvalue weighted by Crippen LogP contribution is -2.59. The molecule has 1 aromatic carbocycles. The van der Waals surface area contributed by atoms with Crippen LogP contribution in [-0.4, -0.2) is 49.6 Å². The lowest BCUT2D eigenvalue weighted by atomic mass is 10.1. The van der Waals surface area contributed by atoms with Crippen LogP contribution in [0.4, 0.5) is 0 Å². The Labute approximate surface area is 127 Å². The van der Waals surface area contributed by atoms with E-state index < -0.39 is 0 Å². The molecule has 2 N–H and O–H groups in total. The topological polar surface area (TPSA) is 44.4 Å². The molecule has 0 radical (unpaired) electrons. The molecule has 0 aliphatic carbocycles. The minimum atomic E-state index is 0.156. The van der Waals surface area contributed by atoms with Gasteiger partial charge < -0.3 is 10.6 Å². The van der Waals surface area contributed by atoms with E-state index in [1.165, 1.54) is 5.56 Å². The molecule has 1 aromatic rings. The fourth-order valence-electron chi connectivity index (χ4n) is 2.61. The summed E-state index contributed by atoms with van der Waals surface area (Å²) in [5, 5.41) is 6.31. The SMILES string of the molecule is CCCN(CC(=O)NCCCc1ccccc1)C1CNC1. The van der Waals surface area contributed by atoms with Gasteiger partial charge in [0.15, 0.2) is 0 Å². The van der Waals surface area contributed by atoms with Crippen molar-refractivity contribution in [3.63, 3.8) is 0 Å². The zero-order valence-corrected chi connectivity index (χ0v) is 13.0. The normalized spacial score (nSPS) is 15.0. The number of carbonyl (C=O) groups is 1. The van der Waals surface area contributed by atoms with Gasteiger partial charge in [-0.05, 0) is 31.4 Å². The van der Waals surface area contributed by atoms with Crippen molar-refractivity contribution in [1.29, 1.82) is 0 Å². The zero-order chi connectivity index (χ0) is 14.9. The standard InChI is InChI=1S/C17H27N3O/c1-2-11-20(16-12-18-13-16)14-17(21)19-10-6-9-15-7-4-3-5-8-15/h3-5,7-8,16,18H,2,6,9-14H2,1H3,(H,19,21). The van der Waals surface area contributed by atoms with E-state index >= 15 is 0 Å². The predicted molar refractivity (Wildman–Crippen MR) is 86.3 cm³/mol. The molecule has 0 aromatic heterocycles. The van der Waals surface area contributed by atoms with Crippen LogP contribution < -0.4 is 10.6 Å². The van der Waals surface area contributed by atoms with Crippen LogP contribution in [0, 0.1) is 0 Å². The summed E-state index contributed by atoms with van der Waals surface area (Å²) >= 11 is 0. The fraction of sp³-hybridized carbons (Fsp3) is 0.588. The van der Waals surface area contributed by atoms with E-state index in [1.54, 1.807) is 0 Å². The number of nitrogens with zero attached hydrogens (tertiary/aromatic N) is 1. The van der Waals surface area contributed by atoms with Crippen LogP contribution in [0.2, 0.25) is 0 Å². The first-order chi connectivity index (χ1) is 10.3. The second kappa shape index (κ2) is 8.80. The maximum absolute atomic E-state index is 12.0. The quantitative estimate of drug-likeness (QED) is 0.676. The van der Waals surface area contributed by atoms with Gasteiger partial charge in [-0.15, -0.1) is 0 Å². The number of carbonyl (C=O) groups excluding carboxylic acids is 1. The van der Waals surface area contributed by atoms with Crippen LogP contribution in [-0.2, 0) is 11.2 Å². The molecule has 1 heterocycles. The molecule has 1 saturated heterocycles. The van der Waals surface area contributed by atoms with E-state index in [0.717, 1.165) is 45.4 Å². The van der Waals surface area contributed by atoms with Gasteiger partial charge in [0.1, 0.15) is 0 Å². The average molecular weight is 289 g/mol. The summed E-state index contributed by atoms with van der Waals surface area (Å²) in [6.45, 7) is 6.49. The molecule has 4 nitrogen and oxygen atoms in total. The van der Waals surface area contributed by atoms with Crippen LogP contribution >= 0.6 is 0 Å². The molecule has 0 saturated carbocycles. The highest BCUT2D eigenvalue weighted by atomic mass is 16.2. The van der Waals surface area contributed by atoms with Gasteiger partial charge in [0.05, 0.1) is 6.54 Å². The summed E-state index contributed by atoms with van der Waals surface area (Å²) in [6.07, 6.45) is 3.11. The molecule has 116 valence electrons. The van der Waals surface area contributed by atoms with Crippen LogP contribution in [0.25, 0.3) is 0 Å². The van der Waals surface area contributed by atoms with Gasteiger partial charge in [0, 0.05) is 25.7 Å². The Hall–Kier alpha value is -1.39. The number of rotatable bonds is 9. The Morgan fingerprint density at radius 1 is 1.33 bits per heavy atom. The van der Waals surface area contributed by atoms with Crippen LogP contribution in [0.3, 0.4) is 0 Å². The van der Waals surface area contributed by atoms with Crippen molar-refractivity contribution in [3.8, 4) is 0 Å². The van der Waals surface area contributed by atoms with Crippen molar-refractivity contribution in [1.82, 2.24) is 15.5 Å². The second-order valence-electron chi connectivity index (χ2n) is 5.72. The van der Waals surface area contributed by atoms with Gasteiger partial charge in [-0.1, -0.05) is 37.3 Å². The number of amides is 1. The fourth-order valence-corrected chi connectivity index (χ4v) is 2.61. The number of aryl methyl sites for hydroxylation is 1. The second-order valence-corrected chi connectivity index (χ2v) is 5.72. The summed E-state index contributed by atoms with van der Waals surface area (Å²) in [6, 6.07) is 11.0. The van der Waals surface area contributed by atoms with E-state index in [-0.39, 0.29) is 5.91 Å². The van der Waals surface area contributed by atoms with Crippen molar-refractivity contribution in [2.45, 2.75) is 32.2 Å². The van der Waals surface area contributed by atoms with Crippen LogP contribution in [0.5, 0.6) is 0 Å². The molecular formula is C17H27N3O. The maximum Gasteiger partial charge on any atom is 0.234 e. The molecule has 1 fully saturated rings. The number of hydrogen-bond acceptors (Lipinski definition) is 3. The Kier molecular flexibility index (Phi) is 6.70. The number of hydrogen-bond donors (Lipinski definition) is 2. The Morgan fingerprint density at radius 2 is 2.10 bits per heavy atom. The smallest absolute Gasteiger partial charge is 0.234 e. The predicted octanol–water partition coefficient (Wildman–Crippen LogP) is 1.42. The molecule has 2 rings (SSSR count). The highest BCUT2D eigenvalue weighted by Gasteiger charge is 2.25. The molecule has 21 heavy (non-hydrogen) atoms. The first kappa shape index (κ1) is 16.0. The van der Waals surface area contributed by atoms with E-state index in [4.69, 9.17) is 0 Å². The van der Waals surface area contributed by atoms with Crippen molar-refractivity contribution in [3.05, 3.63) is 35.9 Å². The zero-order valence-electron chi connectivity index (χ0n) is 13.0. The minimum Gasteiger partial charge on any atom is -0.355 e. The first-order valence-electron chi connectivity index (χ1n) is 8.05. The lowest BCUT2D eigenvalue weighted by Gasteiger charge is -2.37. The van der Waals surface area contributed by atoms with Gasteiger partial charge >= 0.3 is 0 Å². The molecule has 4 heteroatoms. The van der Waals surface area contributed by atoms with Crippen LogP contribution in [0.1, 0.15) is 25.3 Å². The molecule has 1 aliphatic heterocycles. The van der Waals surface area contributed by atoms with Gasteiger partial charge in [0.2, 0.25) is 5.91 Å². The van der Waals surface area contributed by atoms with E-state index in [2.05, 4.69) is 46.7 Å². The van der Waals surface area contributed by atoms with E-state index in [1.807, 2.05) is 6.07 Å². The Balaban J connectivity index is 1.62. The molecular weight excluding hydrogens is 262 g/mol. The molecule has 0 unspecified atom stereocenters. The monoisotopic (exact) mass is 289 g/mol. The lowest BCUT2D eigenvalue weighted by molar-refractivity contribution is -0.123. The van der Waals surface area contributed by atoms with Crippen molar-refractivity contribution < 1.29 is 4.79 Å². The first-order valence-corrected chi connectivity index (χ1v) is 8.05. The highest BCUT2D eigenvalue weighted by molar-refractivity contribution is 5.78. The van der Waals surface area contributed by atoms with E-state index in [0.29, 0.717) is 12.6 Å². The van der Waals surface area contributed by atoms with Crippen molar-refractivity contribution in [2.24, 2.45) is 0 Å². The minimum absolute atomic E-state index is 0.156. The third-order valence-corrected chi connectivity index (χ3v) is 3.94. The average Bonchev–Trinajstić information content (AvgIpc) is 2.43. The number of benzene rings is 1. The summed E-state index contributed by atoms with van der Waals surface area (Å²) < 4.78 is 0. The molecule has 0 spiro atoms.